The molecule has 0 aliphatic heterocycles. The molecule has 2 aromatic carbocycles. The summed E-state index contributed by atoms with van der Waals surface area (Å²) in [5.74, 6) is -0.0395. The fraction of sp³-hybridized carbons (Fsp3) is 0. The van der Waals surface area contributed by atoms with Crippen LogP contribution in [0.25, 0.3) is 11.1 Å². The molecule has 0 fully saturated rings. The molecule has 1 aromatic heterocycles. The Morgan fingerprint density at radius 2 is 1.35 bits per heavy atom. The van der Waals surface area contributed by atoms with E-state index in [1.807, 2.05) is 60.7 Å². The molecular weight excluding hydrogens is 270 g/mol. The van der Waals surface area contributed by atoms with E-state index in [2.05, 4.69) is 4.98 Å². The van der Waals surface area contributed by atoms with Gasteiger partial charge in [-0.2, -0.15) is 0 Å². The molecule has 0 bridgehead atoms. The number of rotatable bonds is 3. The Balaban J connectivity index is 2.07. The number of hydrogen-bond donors (Lipinski definition) is 3. The van der Waals surface area contributed by atoms with Gasteiger partial charge in [-0.25, -0.2) is 0 Å². The molecule has 4 heteroatoms. The van der Waals surface area contributed by atoms with Crippen LogP contribution in [0.5, 0.6) is 11.8 Å². The van der Waals surface area contributed by atoms with Crippen molar-refractivity contribution in [2.24, 2.45) is 0 Å². The molecule has 0 spiro atoms. The fourth-order valence-corrected chi connectivity index (χ4v) is 3.03. The van der Waals surface area contributed by atoms with Crippen LogP contribution >= 0.6 is 11.8 Å². The Hall–Kier alpha value is -2.33. The van der Waals surface area contributed by atoms with Gasteiger partial charge in [0.2, 0.25) is 11.8 Å². The first kappa shape index (κ1) is 12.7. The summed E-state index contributed by atoms with van der Waals surface area (Å²) in [4.78, 5) is 4.21. The lowest BCUT2D eigenvalue weighted by Gasteiger charge is -2.05. The van der Waals surface area contributed by atoms with Crippen LogP contribution in [0.3, 0.4) is 0 Å². The van der Waals surface area contributed by atoms with E-state index < -0.39 is 0 Å². The number of nitrogens with one attached hydrogen (secondary N) is 1. The Labute approximate surface area is 120 Å². The van der Waals surface area contributed by atoms with Gasteiger partial charge in [-0.1, -0.05) is 60.3 Å². The first-order valence-corrected chi connectivity index (χ1v) is 6.99. The monoisotopic (exact) mass is 283 g/mol. The van der Waals surface area contributed by atoms with E-state index in [0.29, 0.717) is 10.5 Å². The van der Waals surface area contributed by atoms with Crippen LogP contribution in [-0.4, -0.2) is 15.2 Å². The molecule has 3 aromatic rings. The number of hydrogen-bond acceptors (Lipinski definition) is 3. The summed E-state index contributed by atoms with van der Waals surface area (Å²) in [6.45, 7) is 0. The fourth-order valence-electron chi connectivity index (χ4n) is 2.04. The molecule has 0 unspecified atom stereocenters. The van der Waals surface area contributed by atoms with Crippen LogP contribution in [0, 0.1) is 0 Å². The molecule has 0 aliphatic carbocycles. The van der Waals surface area contributed by atoms with E-state index in [1.54, 1.807) is 0 Å². The van der Waals surface area contributed by atoms with E-state index in [9.17, 15) is 10.2 Å². The summed E-state index contributed by atoms with van der Waals surface area (Å²) in [5.41, 5.74) is 1.48. The van der Waals surface area contributed by atoms with Crippen LogP contribution in [0.1, 0.15) is 0 Å². The maximum Gasteiger partial charge on any atom is 0.206 e. The third-order valence-corrected chi connectivity index (χ3v) is 4.05. The molecular formula is C16H13NO2S. The zero-order chi connectivity index (χ0) is 13.9. The molecule has 0 saturated heterocycles. The van der Waals surface area contributed by atoms with Gasteiger partial charge in [-0.05, 0) is 17.7 Å². The van der Waals surface area contributed by atoms with Crippen molar-refractivity contribution in [3.05, 3.63) is 60.7 Å². The van der Waals surface area contributed by atoms with E-state index >= 15 is 0 Å². The number of aromatic amines is 1. The minimum Gasteiger partial charge on any atom is -0.494 e. The largest absolute Gasteiger partial charge is 0.494 e. The SMILES string of the molecule is Oc1[nH]c(O)c(-c2ccccc2)c1Sc1ccccc1. The third kappa shape index (κ3) is 2.38. The highest BCUT2D eigenvalue weighted by molar-refractivity contribution is 7.99. The third-order valence-electron chi connectivity index (χ3n) is 2.94. The number of H-pyrrole nitrogens is 1. The van der Waals surface area contributed by atoms with E-state index in [1.165, 1.54) is 11.8 Å². The molecule has 0 aliphatic rings. The lowest BCUT2D eigenvalue weighted by Crippen LogP contribution is -1.78. The number of benzene rings is 2. The van der Waals surface area contributed by atoms with Crippen molar-refractivity contribution >= 4 is 11.8 Å². The molecule has 3 N–H and O–H groups in total. The quantitative estimate of drug-likeness (QED) is 0.673. The summed E-state index contributed by atoms with van der Waals surface area (Å²) >= 11 is 1.42. The first-order valence-electron chi connectivity index (χ1n) is 6.18. The van der Waals surface area contributed by atoms with E-state index in [0.717, 1.165) is 10.5 Å². The van der Waals surface area contributed by atoms with Crippen LogP contribution in [0.15, 0.2) is 70.5 Å². The summed E-state index contributed by atoms with van der Waals surface area (Å²) < 4.78 is 0. The maximum absolute atomic E-state index is 10.0. The highest BCUT2D eigenvalue weighted by Crippen LogP contribution is 2.46. The Morgan fingerprint density at radius 3 is 2.00 bits per heavy atom. The molecule has 0 radical (unpaired) electrons. The van der Waals surface area contributed by atoms with Gasteiger partial charge in [-0.15, -0.1) is 0 Å². The molecule has 3 nitrogen and oxygen atoms in total. The molecule has 0 amide bonds. The summed E-state index contributed by atoms with van der Waals surface area (Å²) in [6, 6.07) is 19.3. The van der Waals surface area contributed by atoms with Gasteiger partial charge in [0, 0.05) is 4.90 Å². The van der Waals surface area contributed by atoms with Crippen molar-refractivity contribution in [3.63, 3.8) is 0 Å². The molecule has 0 atom stereocenters. The molecule has 3 rings (SSSR count). The van der Waals surface area contributed by atoms with Crippen molar-refractivity contribution < 1.29 is 10.2 Å². The maximum atomic E-state index is 10.0. The van der Waals surface area contributed by atoms with Gasteiger partial charge in [-0.3, -0.25) is 4.98 Å². The normalized spacial score (nSPS) is 10.6. The topological polar surface area (TPSA) is 56.2 Å². The molecule has 20 heavy (non-hydrogen) atoms. The average Bonchev–Trinajstić information content (AvgIpc) is 2.75. The standard InChI is InChI=1S/C16H13NO2S/c18-15-13(11-7-3-1-4-8-11)14(16(19)17-15)20-12-9-5-2-6-10-12/h1-10,17-19H. The van der Waals surface area contributed by atoms with E-state index in [-0.39, 0.29) is 11.8 Å². The highest BCUT2D eigenvalue weighted by atomic mass is 32.2. The predicted octanol–water partition coefficient (Wildman–Crippen LogP) is 4.24. The van der Waals surface area contributed by atoms with Crippen molar-refractivity contribution in [3.8, 4) is 22.9 Å². The van der Waals surface area contributed by atoms with Crippen molar-refractivity contribution in [1.29, 1.82) is 0 Å². The highest BCUT2D eigenvalue weighted by Gasteiger charge is 2.19. The average molecular weight is 283 g/mol. The number of aromatic hydroxyl groups is 2. The van der Waals surface area contributed by atoms with Gasteiger partial charge in [0.05, 0.1) is 10.5 Å². The van der Waals surface area contributed by atoms with Crippen LogP contribution in [0.2, 0.25) is 0 Å². The van der Waals surface area contributed by atoms with Crippen LogP contribution in [0.4, 0.5) is 0 Å². The minimum absolute atomic E-state index is 0.0183. The van der Waals surface area contributed by atoms with Gasteiger partial charge in [0.15, 0.2) is 0 Å². The molecule has 1 heterocycles. The van der Waals surface area contributed by atoms with Crippen molar-refractivity contribution in [1.82, 2.24) is 4.98 Å². The van der Waals surface area contributed by atoms with Gasteiger partial charge >= 0.3 is 0 Å². The van der Waals surface area contributed by atoms with Gasteiger partial charge in [0.1, 0.15) is 0 Å². The zero-order valence-corrected chi connectivity index (χ0v) is 11.4. The van der Waals surface area contributed by atoms with Crippen molar-refractivity contribution in [2.45, 2.75) is 9.79 Å². The Kier molecular flexibility index (Phi) is 3.39. The second kappa shape index (κ2) is 5.35. The summed E-state index contributed by atoms with van der Waals surface area (Å²) in [5, 5.41) is 20.0. The van der Waals surface area contributed by atoms with Crippen LogP contribution < -0.4 is 0 Å². The Bertz CT molecular complexity index is 708. The zero-order valence-electron chi connectivity index (χ0n) is 10.6. The lowest BCUT2D eigenvalue weighted by molar-refractivity contribution is 0.421. The van der Waals surface area contributed by atoms with Gasteiger partial charge in [0.25, 0.3) is 0 Å². The Morgan fingerprint density at radius 1 is 0.750 bits per heavy atom. The smallest absolute Gasteiger partial charge is 0.206 e. The summed E-state index contributed by atoms with van der Waals surface area (Å²) in [6.07, 6.45) is 0. The van der Waals surface area contributed by atoms with Gasteiger partial charge < -0.3 is 10.2 Å². The first-order chi connectivity index (χ1) is 9.75. The number of aromatic nitrogens is 1. The molecule has 0 saturated carbocycles. The molecule has 100 valence electrons. The van der Waals surface area contributed by atoms with Crippen LogP contribution in [-0.2, 0) is 0 Å². The minimum atomic E-state index is -0.0212. The second-order valence-electron chi connectivity index (χ2n) is 4.31. The lowest BCUT2D eigenvalue weighted by atomic mass is 10.1. The second-order valence-corrected chi connectivity index (χ2v) is 5.39. The van der Waals surface area contributed by atoms with Crippen molar-refractivity contribution in [2.75, 3.05) is 0 Å². The summed E-state index contributed by atoms with van der Waals surface area (Å²) in [7, 11) is 0. The van der Waals surface area contributed by atoms with E-state index in [4.69, 9.17) is 0 Å². The predicted molar refractivity (Wildman–Crippen MR) is 80.1 cm³/mol.